The number of rotatable bonds is 4. The molecular formula is C12H8F3N3O3. The SMILES string of the molecule is O=[N+]([O-])c1cc(OC(F)(F)F)ccc1Nc1ccccn1. The minimum Gasteiger partial charge on any atom is -0.406 e. The molecule has 9 heteroatoms. The van der Waals surface area contributed by atoms with Crippen LogP contribution in [0.25, 0.3) is 0 Å². The molecule has 1 aromatic carbocycles. The van der Waals surface area contributed by atoms with Crippen LogP contribution in [0.3, 0.4) is 0 Å². The van der Waals surface area contributed by atoms with Crippen LogP contribution in [0.2, 0.25) is 0 Å². The lowest BCUT2D eigenvalue weighted by Gasteiger charge is -2.10. The third-order valence-corrected chi connectivity index (χ3v) is 2.33. The van der Waals surface area contributed by atoms with Crippen molar-refractivity contribution in [1.29, 1.82) is 0 Å². The van der Waals surface area contributed by atoms with Crippen LogP contribution in [0.15, 0.2) is 42.6 Å². The summed E-state index contributed by atoms with van der Waals surface area (Å²) < 4.78 is 40.0. The molecule has 0 bridgehead atoms. The van der Waals surface area contributed by atoms with E-state index in [0.717, 1.165) is 12.1 Å². The molecule has 0 spiro atoms. The number of benzene rings is 1. The first-order chi connectivity index (χ1) is 9.85. The number of anilines is 2. The quantitative estimate of drug-likeness (QED) is 0.689. The maximum atomic E-state index is 12.1. The molecule has 0 unspecified atom stereocenters. The molecule has 6 nitrogen and oxygen atoms in total. The predicted octanol–water partition coefficient (Wildman–Crippen LogP) is 3.63. The van der Waals surface area contributed by atoms with Gasteiger partial charge in [0.05, 0.1) is 11.0 Å². The fourth-order valence-corrected chi connectivity index (χ4v) is 1.54. The first-order valence-corrected chi connectivity index (χ1v) is 5.57. The van der Waals surface area contributed by atoms with Gasteiger partial charge in [-0.1, -0.05) is 6.07 Å². The zero-order chi connectivity index (χ0) is 15.5. The number of hydrogen-bond donors (Lipinski definition) is 1. The highest BCUT2D eigenvalue weighted by atomic mass is 19.4. The monoisotopic (exact) mass is 299 g/mol. The van der Waals surface area contributed by atoms with Crippen molar-refractivity contribution in [1.82, 2.24) is 4.98 Å². The predicted molar refractivity (Wildman–Crippen MR) is 67.3 cm³/mol. The van der Waals surface area contributed by atoms with Gasteiger partial charge < -0.3 is 10.1 Å². The fourth-order valence-electron chi connectivity index (χ4n) is 1.54. The smallest absolute Gasteiger partial charge is 0.406 e. The van der Waals surface area contributed by atoms with E-state index in [2.05, 4.69) is 15.0 Å². The van der Waals surface area contributed by atoms with Crippen molar-refractivity contribution in [3.05, 3.63) is 52.7 Å². The van der Waals surface area contributed by atoms with Crippen molar-refractivity contribution < 1.29 is 22.8 Å². The van der Waals surface area contributed by atoms with Gasteiger partial charge >= 0.3 is 6.36 Å². The summed E-state index contributed by atoms with van der Waals surface area (Å²) in [5.41, 5.74) is -0.546. The van der Waals surface area contributed by atoms with Crippen molar-refractivity contribution >= 4 is 17.2 Å². The molecule has 0 aliphatic rings. The van der Waals surface area contributed by atoms with Gasteiger partial charge in [-0.25, -0.2) is 4.98 Å². The minimum atomic E-state index is -4.91. The highest BCUT2D eigenvalue weighted by molar-refractivity contribution is 5.69. The van der Waals surface area contributed by atoms with Crippen molar-refractivity contribution in [3.8, 4) is 5.75 Å². The minimum absolute atomic E-state index is 0.00762. The van der Waals surface area contributed by atoms with Crippen LogP contribution in [0.5, 0.6) is 5.75 Å². The second kappa shape index (κ2) is 5.65. The lowest BCUT2D eigenvalue weighted by atomic mass is 10.2. The van der Waals surface area contributed by atoms with E-state index in [0.29, 0.717) is 11.9 Å². The number of hydrogen-bond acceptors (Lipinski definition) is 5. The standard InChI is InChI=1S/C12H8F3N3O3/c13-12(14,15)21-8-4-5-9(10(7-8)18(19)20)17-11-3-1-2-6-16-11/h1-7H,(H,16,17). The molecule has 1 aromatic heterocycles. The van der Waals surface area contributed by atoms with Crippen LogP contribution < -0.4 is 10.1 Å². The summed E-state index contributed by atoms with van der Waals surface area (Å²) in [6.07, 6.45) is -3.45. The number of alkyl halides is 3. The van der Waals surface area contributed by atoms with Gasteiger partial charge in [0.25, 0.3) is 5.69 Å². The van der Waals surface area contributed by atoms with Crippen molar-refractivity contribution in [2.75, 3.05) is 5.32 Å². The second-order valence-corrected chi connectivity index (χ2v) is 3.82. The number of nitrogens with zero attached hydrogens (tertiary/aromatic N) is 2. The summed E-state index contributed by atoms with van der Waals surface area (Å²) in [7, 11) is 0. The Hall–Kier alpha value is -2.84. The van der Waals surface area contributed by atoms with Crippen LogP contribution in [0.1, 0.15) is 0 Å². The Morgan fingerprint density at radius 3 is 2.57 bits per heavy atom. The Balaban J connectivity index is 2.31. The van der Waals surface area contributed by atoms with Crippen LogP contribution in [0.4, 0.5) is 30.4 Å². The molecular weight excluding hydrogens is 291 g/mol. The summed E-state index contributed by atoms with van der Waals surface area (Å²) in [6.45, 7) is 0. The highest BCUT2D eigenvalue weighted by Gasteiger charge is 2.32. The Labute approximate surface area is 116 Å². The van der Waals surface area contributed by atoms with Gasteiger partial charge in [0.1, 0.15) is 17.3 Å². The molecule has 0 amide bonds. The third kappa shape index (κ3) is 4.06. The number of nitrogens with one attached hydrogen (secondary N) is 1. The number of pyridine rings is 1. The van der Waals surface area contributed by atoms with E-state index in [1.165, 1.54) is 6.20 Å². The average Bonchev–Trinajstić information content (AvgIpc) is 2.40. The van der Waals surface area contributed by atoms with E-state index in [4.69, 9.17) is 0 Å². The Morgan fingerprint density at radius 2 is 2.00 bits per heavy atom. The Bertz CT molecular complexity index is 647. The summed E-state index contributed by atoms with van der Waals surface area (Å²) in [4.78, 5) is 14.0. The molecule has 2 rings (SSSR count). The summed E-state index contributed by atoms with van der Waals surface area (Å²) in [6, 6.07) is 7.66. The molecule has 110 valence electrons. The largest absolute Gasteiger partial charge is 0.573 e. The first kappa shape index (κ1) is 14.6. The molecule has 0 atom stereocenters. The molecule has 0 aliphatic carbocycles. The normalized spacial score (nSPS) is 11.0. The molecule has 1 N–H and O–H groups in total. The topological polar surface area (TPSA) is 77.3 Å². The van der Waals surface area contributed by atoms with E-state index in [-0.39, 0.29) is 5.69 Å². The van der Waals surface area contributed by atoms with Gasteiger partial charge in [-0.3, -0.25) is 10.1 Å². The van der Waals surface area contributed by atoms with E-state index < -0.39 is 22.7 Å². The molecule has 0 saturated carbocycles. The summed E-state index contributed by atoms with van der Waals surface area (Å²) in [5, 5.41) is 13.6. The van der Waals surface area contributed by atoms with Gasteiger partial charge in [-0.15, -0.1) is 13.2 Å². The van der Waals surface area contributed by atoms with Crippen molar-refractivity contribution in [3.63, 3.8) is 0 Å². The van der Waals surface area contributed by atoms with Crippen molar-refractivity contribution in [2.24, 2.45) is 0 Å². The number of nitro benzene ring substituents is 1. The van der Waals surface area contributed by atoms with Gasteiger partial charge in [0, 0.05) is 6.20 Å². The number of ether oxygens (including phenoxy) is 1. The fraction of sp³-hybridized carbons (Fsp3) is 0.0833. The lowest BCUT2D eigenvalue weighted by Crippen LogP contribution is -2.17. The molecule has 0 radical (unpaired) electrons. The number of nitro groups is 1. The molecule has 21 heavy (non-hydrogen) atoms. The number of aromatic nitrogens is 1. The molecule has 0 aliphatic heterocycles. The maximum absolute atomic E-state index is 12.1. The number of halogens is 3. The van der Waals surface area contributed by atoms with Crippen LogP contribution >= 0.6 is 0 Å². The Kier molecular flexibility index (Phi) is 3.92. The highest BCUT2D eigenvalue weighted by Crippen LogP contribution is 2.33. The first-order valence-electron chi connectivity index (χ1n) is 5.57. The van der Waals surface area contributed by atoms with E-state index in [9.17, 15) is 23.3 Å². The van der Waals surface area contributed by atoms with E-state index in [1.807, 2.05) is 0 Å². The maximum Gasteiger partial charge on any atom is 0.573 e. The van der Waals surface area contributed by atoms with E-state index >= 15 is 0 Å². The van der Waals surface area contributed by atoms with E-state index in [1.54, 1.807) is 18.2 Å². The lowest BCUT2D eigenvalue weighted by molar-refractivity contribution is -0.384. The summed E-state index contributed by atoms with van der Waals surface area (Å²) in [5.74, 6) is -0.342. The van der Waals surface area contributed by atoms with Gasteiger partial charge in [0.15, 0.2) is 0 Å². The third-order valence-electron chi connectivity index (χ3n) is 2.33. The van der Waals surface area contributed by atoms with Crippen molar-refractivity contribution in [2.45, 2.75) is 6.36 Å². The second-order valence-electron chi connectivity index (χ2n) is 3.82. The van der Waals surface area contributed by atoms with Crippen LogP contribution in [-0.2, 0) is 0 Å². The average molecular weight is 299 g/mol. The van der Waals surface area contributed by atoms with Crippen LogP contribution in [-0.4, -0.2) is 16.3 Å². The summed E-state index contributed by atoms with van der Waals surface area (Å²) >= 11 is 0. The van der Waals surface area contributed by atoms with Gasteiger partial charge in [-0.2, -0.15) is 0 Å². The molecule has 1 heterocycles. The van der Waals surface area contributed by atoms with Gasteiger partial charge in [-0.05, 0) is 24.3 Å². The van der Waals surface area contributed by atoms with Gasteiger partial charge in [0.2, 0.25) is 0 Å². The Morgan fingerprint density at radius 1 is 1.24 bits per heavy atom. The van der Waals surface area contributed by atoms with Crippen LogP contribution in [0, 0.1) is 10.1 Å². The molecule has 0 fully saturated rings. The molecule has 2 aromatic rings. The zero-order valence-electron chi connectivity index (χ0n) is 10.3. The molecule has 0 saturated heterocycles. The zero-order valence-corrected chi connectivity index (χ0v) is 10.3.